The average molecular weight is 307 g/mol. The molecule has 0 aliphatic rings. The number of anilines is 1. The number of ether oxygens (including phenoxy) is 2. The Morgan fingerprint density at radius 1 is 1.19 bits per heavy atom. The number of carbonyl (C=O) groups is 1. The second-order valence-electron chi connectivity index (χ2n) is 4.27. The van der Waals surface area contributed by atoms with Crippen molar-refractivity contribution in [3.63, 3.8) is 0 Å². The first kappa shape index (κ1) is 15.1. The predicted octanol–water partition coefficient (Wildman–Crippen LogP) is 2.93. The summed E-state index contributed by atoms with van der Waals surface area (Å²) in [5.41, 5.74) is 0.812. The third kappa shape index (κ3) is 4.10. The largest absolute Gasteiger partial charge is 0.493 e. The lowest BCUT2D eigenvalue weighted by Gasteiger charge is -2.09. The molecule has 0 atom stereocenters. The Bertz CT molecular complexity index is 647. The minimum absolute atomic E-state index is 0.183. The van der Waals surface area contributed by atoms with Crippen LogP contribution in [-0.4, -0.2) is 25.1 Å². The van der Waals surface area contributed by atoms with Crippen molar-refractivity contribution >= 4 is 23.3 Å². The number of hydrogen-bond donors (Lipinski definition) is 1. The van der Waals surface area contributed by atoms with E-state index in [1.54, 1.807) is 38.5 Å². The third-order valence-electron chi connectivity index (χ3n) is 2.80. The molecule has 0 bridgehead atoms. The van der Waals surface area contributed by atoms with E-state index in [1.165, 1.54) is 6.20 Å². The molecule has 0 saturated heterocycles. The van der Waals surface area contributed by atoms with Gasteiger partial charge in [-0.15, -0.1) is 0 Å². The van der Waals surface area contributed by atoms with Crippen LogP contribution >= 0.6 is 11.6 Å². The van der Waals surface area contributed by atoms with Crippen molar-refractivity contribution < 1.29 is 14.3 Å². The molecule has 2 aromatic rings. The van der Waals surface area contributed by atoms with Crippen LogP contribution in [0, 0.1) is 0 Å². The van der Waals surface area contributed by atoms with E-state index in [1.807, 2.05) is 6.07 Å². The zero-order valence-electron chi connectivity index (χ0n) is 11.7. The lowest BCUT2D eigenvalue weighted by atomic mass is 10.1. The Morgan fingerprint density at radius 2 is 1.95 bits per heavy atom. The number of halogens is 1. The molecule has 0 radical (unpaired) electrons. The minimum atomic E-state index is -0.183. The summed E-state index contributed by atoms with van der Waals surface area (Å²) in [4.78, 5) is 16.0. The fraction of sp³-hybridized carbons (Fsp3) is 0.200. The number of rotatable bonds is 5. The summed E-state index contributed by atoms with van der Waals surface area (Å²) in [5, 5.41) is 3.21. The summed E-state index contributed by atoms with van der Waals surface area (Å²) in [5.74, 6) is 1.45. The van der Waals surface area contributed by atoms with E-state index in [0.717, 1.165) is 5.56 Å². The standard InChI is InChI=1S/C15H15ClN2O3/c1-20-12-4-3-10(7-13(12)21-2)8-15(19)18-14-9-11(16)5-6-17-14/h3-7,9H,8H2,1-2H3,(H,17,18,19). The molecule has 6 heteroatoms. The van der Waals surface area contributed by atoms with E-state index in [0.29, 0.717) is 22.3 Å². The Labute approximate surface area is 127 Å². The molecule has 1 aromatic carbocycles. The van der Waals surface area contributed by atoms with Crippen LogP contribution in [0.2, 0.25) is 5.02 Å². The number of nitrogens with zero attached hydrogens (tertiary/aromatic N) is 1. The van der Waals surface area contributed by atoms with Gasteiger partial charge in [0.15, 0.2) is 11.5 Å². The average Bonchev–Trinajstić information content (AvgIpc) is 2.47. The fourth-order valence-electron chi connectivity index (χ4n) is 1.84. The number of carbonyl (C=O) groups excluding carboxylic acids is 1. The van der Waals surface area contributed by atoms with Crippen LogP contribution in [0.3, 0.4) is 0 Å². The summed E-state index contributed by atoms with van der Waals surface area (Å²) in [6.45, 7) is 0. The van der Waals surface area contributed by atoms with Crippen LogP contribution < -0.4 is 14.8 Å². The first-order valence-electron chi connectivity index (χ1n) is 6.24. The van der Waals surface area contributed by atoms with Gasteiger partial charge in [-0.1, -0.05) is 17.7 Å². The number of pyridine rings is 1. The SMILES string of the molecule is COc1ccc(CC(=O)Nc2cc(Cl)ccn2)cc1OC. The smallest absolute Gasteiger partial charge is 0.229 e. The lowest BCUT2D eigenvalue weighted by Crippen LogP contribution is -2.15. The Balaban J connectivity index is 2.06. The van der Waals surface area contributed by atoms with Crippen molar-refractivity contribution in [2.75, 3.05) is 19.5 Å². The number of amides is 1. The summed E-state index contributed by atoms with van der Waals surface area (Å²) >= 11 is 5.84. The van der Waals surface area contributed by atoms with Gasteiger partial charge in [0.1, 0.15) is 5.82 Å². The topological polar surface area (TPSA) is 60.5 Å². The maximum Gasteiger partial charge on any atom is 0.229 e. The highest BCUT2D eigenvalue weighted by Gasteiger charge is 2.09. The minimum Gasteiger partial charge on any atom is -0.493 e. The first-order chi connectivity index (χ1) is 10.1. The van der Waals surface area contributed by atoms with Crippen LogP contribution in [-0.2, 0) is 11.2 Å². The van der Waals surface area contributed by atoms with Gasteiger partial charge in [-0.25, -0.2) is 4.98 Å². The Hall–Kier alpha value is -2.27. The molecular formula is C15H15ClN2O3. The van der Waals surface area contributed by atoms with E-state index in [-0.39, 0.29) is 12.3 Å². The molecule has 0 fully saturated rings. The first-order valence-corrected chi connectivity index (χ1v) is 6.62. The van der Waals surface area contributed by atoms with Crippen molar-refractivity contribution in [1.82, 2.24) is 4.98 Å². The van der Waals surface area contributed by atoms with Crippen LogP contribution in [0.25, 0.3) is 0 Å². The molecular weight excluding hydrogens is 292 g/mol. The fourth-order valence-corrected chi connectivity index (χ4v) is 2.00. The Kier molecular flexibility index (Phi) is 5.00. The highest BCUT2D eigenvalue weighted by Crippen LogP contribution is 2.27. The molecule has 5 nitrogen and oxygen atoms in total. The molecule has 1 N–H and O–H groups in total. The molecule has 1 aromatic heterocycles. The third-order valence-corrected chi connectivity index (χ3v) is 3.04. The van der Waals surface area contributed by atoms with Gasteiger partial charge in [-0.2, -0.15) is 0 Å². The molecule has 0 saturated carbocycles. The van der Waals surface area contributed by atoms with Crippen molar-refractivity contribution in [3.8, 4) is 11.5 Å². The summed E-state index contributed by atoms with van der Waals surface area (Å²) in [7, 11) is 3.12. The molecule has 0 aliphatic carbocycles. The predicted molar refractivity (Wildman–Crippen MR) is 81.1 cm³/mol. The summed E-state index contributed by atoms with van der Waals surface area (Å²) in [6.07, 6.45) is 1.74. The van der Waals surface area contributed by atoms with Crippen molar-refractivity contribution in [2.24, 2.45) is 0 Å². The highest BCUT2D eigenvalue weighted by molar-refractivity contribution is 6.30. The van der Waals surface area contributed by atoms with E-state index < -0.39 is 0 Å². The van der Waals surface area contributed by atoms with E-state index in [2.05, 4.69) is 10.3 Å². The van der Waals surface area contributed by atoms with Crippen molar-refractivity contribution in [1.29, 1.82) is 0 Å². The quantitative estimate of drug-likeness (QED) is 0.922. The molecule has 0 spiro atoms. The van der Waals surface area contributed by atoms with Crippen LogP contribution in [0.4, 0.5) is 5.82 Å². The molecule has 1 heterocycles. The number of nitrogens with one attached hydrogen (secondary N) is 1. The van der Waals surface area contributed by atoms with Crippen LogP contribution in [0.1, 0.15) is 5.56 Å². The van der Waals surface area contributed by atoms with Gasteiger partial charge in [0.25, 0.3) is 0 Å². The van der Waals surface area contributed by atoms with Crippen LogP contribution in [0.15, 0.2) is 36.5 Å². The van der Waals surface area contributed by atoms with E-state index in [4.69, 9.17) is 21.1 Å². The molecule has 0 aliphatic heterocycles. The van der Waals surface area contributed by atoms with Gasteiger partial charge >= 0.3 is 0 Å². The zero-order chi connectivity index (χ0) is 15.2. The van der Waals surface area contributed by atoms with Gasteiger partial charge in [0.2, 0.25) is 5.91 Å². The monoisotopic (exact) mass is 306 g/mol. The number of methoxy groups -OCH3 is 2. The number of aromatic nitrogens is 1. The highest BCUT2D eigenvalue weighted by atomic mass is 35.5. The number of benzene rings is 1. The molecule has 110 valence electrons. The normalized spacial score (nSPS) is 10.0. The molecule has 0 unspecified atom stereocenters. The Morgan fingerprint density at radius 3 is 2.62 bits per heavy atom. The van der Waals surface area contributed by atoms with Crippen LogP contribution in [0.5, 0.6) is 11.5 Å². The van der Waals surface area contributed by atoms with Gasteiger partial charge in [0, 0.05) is 11.2 Å². The summed E-state index contributed by atoms with van der Waals surface area (Å²) in [6, 6.07) is 8.58. The summed E-state index contributed by atoms with van der Waals surface area (Å²) < 4.78 is 10.4. The van der Waals surface area contributed by atoms with Crippen molar-refractivity contribution in [3.05, 3.63) is 47.1 Å². The molecule has 1 amide bonds. The maximum atomic E-state index is 12.0. The zero-order valence-corrected chi connectivity index (χ0v) is 12.5. The van der Waals surface area contributed by atoms with Gasteiger partial charge in [-0.3, -0.25) is 4.79 Å². The van der Waals surface area contributed by atoms with Gasteiger partial charge < -0.3 is 14.8 Å². The van der Waals surface area contributed by atoms with Gasteiger partial charge in [-0.05, 0) is 29.8 Å². The van der Waals surface area contributed by atoms with Crippen molar-refractivity contribution in [2.45, 2.75) is 6.42 Å². The molecule has 2 rings (SSSR count). The molecule has 21 heavy (non-hydrogen) atoms. The number of hydrogen-bond acceptors (Lipinski definition) is 4. The maximum absolute atomic E-state index is 12.0. The lowest BCUT2D eigenvalue weighted by molar-refractivity contribution is -0.115. The van der Waals surface area contributed by atoms with Gasteiger partial charge in [0.05, 0.1) is 20.6 Å². The second kappa shape index (κ2) is 6.95. The van der Waals surface area contributed by atoms with E-state index in [9.17, 15) is 4.79 Å². The second-order valence-corrected chi connectivity index (χ2v) is 4.71. The van der Waals surface area contributed by atoms with E-state index >= 15 is 0 Å².